The van der Waals surface area contributed by atoms with Crippen LogP contribution in [0, 0.1) is 5.82 Å². The fourth-order valence-electron chi connectivity index (χ4n) is 4.10. The van der Waals surface area contributed by atoms with Gasteiger partial charge in [0, 0.05) is 30.3 Å². The second-order valence-corrected chi connectivity index (χ2v) is 7.87. The zero-order valence-electron chi connectivity index (χ0n) is 15.4. The summed E-state index contributed by atoms with van der Waals surface area (Å²) in [6.07, 6.45) is 1.90. The molecule has 1 amide bonds. The molecule has 0 fully saturated rings. The van der Waals surface area contributed by atoms with E-state index in [1.807, 2.05) is 58.2 Å². The van der Waals surface area contributed by atoms with Crippen molar-refractivity contribution >= 4 is 11.7 Å². The minimum atomic E-state index is -0.770. The summed E-state index contributed by atoms with van der Waals surface area (Å²) < 4.78 is 14.1. The molecule has 134 valence electrons. The Labute approximate surface area is 152 Å². The van der Waals surface area contributed by atoms with Crippen molar-refractivity contribution in [2.75, 3.05) is 12.4 Å². The van der Waals surface area contributed by atoms with Crippen LogP contribution in [0.1, 0.15) is 38.3 Å². The van der Waals surface area contributed by atoms with Crippen LogP contribution in [0.2, 0.25) is 0 Å². The monoisotopic (exact) mass is 351 g/mol. The topological polar surface area (TPSA) is 45.2 Å². The Morgan fingerprint density at radius 3 is 2.58 bits per heavy atom. The molecule has 2 aromatic rings. The van der Waals surface area contributed by atoms with Crippen molar-refractivity contribution in [2.24, 2.45) is 0 Å². The SMILES string of the molecule is CN1C(=O)C2=C(CC1(C)C)Nc1ncc(F)cc1[C@@]2(C)c1ccccc1. The Morgan fingerprint density at radius 1 is 1.19 bits per heavy atom. The molecule has 5 heteroatoms. The van der Waals surface area contributed by atoms with Crippen LogP contribution in [-0.2, 0) is 10.2 Å². The van der Waals surface area contributed by atoms with E-state index < -0.39 is 11.2 Å². The number of carbonyl (C=O) groups is 1. The maximum absolute atomic E-state index is 14.1. The van der Waals surface area contributed by atoms with E-state index in [4.69, 9.17) is 0 Å². The Balaban J connectivity index is 2.04. The highest BCUT2D eigenvalue weighted by molar-refractivity contribution is 6.01. The van der Waals surface area contributed by atoms with Gasteiger partial charge in [-0.15, -0.1) is 0 Å². The molecule has 0 radical (unpaired) electrons. The predicted octanol–water partition coefficient (Wildman–Crippen LogP) is 3.85. The second kappa shape index (κ2) is 5.40. The number of benzene rings is 1. The average molecular weight is 351 g/mol. The summed E-state index contributed by atoms with van der Waals surface area (Å²) in [4.78, 5) is 19.4. The number of nitrogens with one attached hydrogen (secondary N) is 1. The first-order chi connectivity index (χ1) is 12.2. The molecule has 1 atom stereocenters. The first-order valence-corrected chi connectivity index (χ1v) is 8.75. The average Bonchev–Trinajstić information content (AvgIpc) is 2.61. The zero-order chi connectivity index (χ0) is 18.7. The molecule has 4 nitrogen and oxygen atoms in total. The van der Waals surface area contributed by atoms with E-state index in [0.29, 0.717) is 23.4 Å². The van der Waals surface area contributed by atoms with Gasteiger partial charge in [0.2, 0.25) is 0 Å². The lowest BCUT2D eigenvalue weighted by Crippen LogP contribution is -2.54. The van der Waals surface area contributed by atoms with Crippen LogP contribution < -0.4 is 5.32 Å². The number of nitrogens with zero attached hydrogens (tertiary/aromatic N) is 2. The van der Waals surface area contributed by atoms with Crippen LogP contribution in [0.25, 0.3) is 0 Å². The number of hydrogen-bond donors (Lipinski definition) is 1. The standard InChI is InChI=1S/C21H22FN3O/c1-20(2)11-16-17(19(26)25(20)4)21(3,13-8-6-5-7-9-13)15-10-14(22)12-23-18(15)24-16/h5-10,12H,11H2,1-4H3,(H,23,24)/t21-/m1/s1. The molecule has 0 spiro atoms. The summed E-state index contributed by atoms with van der Waals surface area (Å²) in [5, 5.41) is 3.31. The van der Waals surface area contributed by atoms with Crippen molar-refractivity contribution < 1.29 is 9.18 Å². The number of carbonyl (C=O) groups excluding carboxylic acids is 1. The van der Waals surface area contributed by atoms with Crippen molar-refractivity contribution in [1.82, 2.24) is 9.88 Å². The normalized spacial score (nSPS) is 24.0. The van der Waals surface area contributed by atoms with E-state index >= 15 is 0 Å². The van der Waals surface area contributed by atoms with Crippen molar-refractivity contribution in [2.45, 2.75) is 38.1 Å². The summed E-state index contributed by atoms with van der Waals surface area (Å²) in [6, 6.07) is 11.3. The number of fused-ring (bicyclic) bond motifs is 1. The fourth-order valence-corrected chi connectivity index (χ4v) is 4.10. The van der Waals surface area contributed by atoms with Gasteiger partial charge in [0.1, 0.15) is 11.6 Å². The van der Waals surface area contributed by atoms with Gasteiger partial charge in [0.25, 0.3) is 5.91 Å². The number of amides is 1. The molecule has 1 N–H and O–H groups in total. The van der Waals surface area contributed by atoms with Crippen molar-refractivity contribution in [1.29, 1.82) is 0 Å². The first kappa shape index (κ1) is 16.8. The van der Waals surface area contributed by atoms with E-state index in [9.17, 15) is 9.18 Å². The molecular weight excluding hydrogens is 329 g/mol. The van der Waals surface area contributed by atoms with Gasteiger partial charge in [-0.05, 0) is 32.4 Å². The molecule has 1 aromatic heterocycles. The third kappa shape index (κ3) is 2.19. The van der Waals surface area contributed by atoms with E-state index in [1.165, 1.54) is 12.3 Å². The third-order valence-electron chi connectivity index (χ3n) is 5.85. The molecule has 2 aliphatic rings. The molecule has 2 aliphatic heterocycles. The number of aromatic nitrogens is 1. The van der Waals surface area contributed by atoms with Crippen molar-refractivity contribution in [3.05, 3.63) is 70.8 Å². The Hall–Kier alpha value is -2.69. The van der Waals surface area contributed by atoms with E-state index in [1.54, 1.807) is 4.90 Å². The van der Waals surface area contributed by atoms with Gasteiger partial charge >= 0.3 is 0 Å². The molecule has 1 aromatic carbocycles. The number of pyridine rings is 1. The maximum Gasteiger partial charge on any atom is 0.252 e. The minimum absolute atomic E-state index is 0.0370. The Kier molecular flexibility index (Phi) is 3.48. The highest BCUT2D eigenvalue weighted by Gasteiger charge is 2.50. The summed E-state index contributed by atoms with van der Waals surface area (Å²) in [5.41, 5.74) is 2.10. The molecule has 0 bridgehead atoms. The van der Waals surface area contributed by atoms with Crippen LogP contribution in [0.5, 0.6) is 0 Å². The van der Waals surface area contributed by atoms with E-state index in [0.717, 1.165) is 11.3 Å². The van der Waals surface area contributed by atoms with Crippen LogP contribution in [-0.4, -0.2) is 28.4 Å². The van der Waals surface area contributed by atoms with Crippen LogP contribution in [0.15, 0.2) is 53.9 Å². The summed E-state index contributed by atoms with van der Waals surface area (Å²) in [7, 11) is 1.83. The number of likely N-dealkylation sites (N-methyl/N-ethyl adjacent to an activating group) is 1. The van der Waals surface area contributed by atoms with Gasteiger partial charge in [-0.1, -0.05) is 30.3 Å². The smallest absolute Gasteiger partial charge is 0.252 e. The number of anilines is 1. The lowest BCUT2D eigenvalue weighted by molar-refractivity contribution is -0.132. The molecule has 4 rings (SSSR count). The van der Waals surface area contributed by atoms with Crippen LogP contribution >= 0.6 is 0 Å². The predicted molar refractivity (Wildman–Crippen MR) is 99.2 cm³/mol. The lowest BCUT2D eigenvalue weighted by Gasteiger charge is -2.48. The largest absolute Gasteiger partial charge is 0.343 e. The van der Waals surface area contributed by atoms with Gasteiger partial charge in [0.05, 0.1) is 17.2 Å². The molecule has 3 heterocycles. The summed E-state index contributed by atoms with van der Waals surface area (Å²) in [5.74, 6) is 0.170. The minimum Gasteiger partial charge on any atom is -0.343 e. The van der Waals surface area contributed by atoms with E-state index in [-0.39, 0.29) is 11.4 Å². The number of halogens is 1. The molecular formula is C21H22FN3O. The second-order valence-electron chi connectivity index (χ2n) is 7.87. The molecule has 26 heavy (non-hydrogen) atoms. The molecule has 0 saturated heterocycles. The van der Waals surface area contributed by atoms with Gasteiger partial charge in [0.15, 0.2) is 0 Å². The zero-order valence-corrected chi connectivity index (χ0v) is 15.4. The van der Waals surface area contributed by atoms with Gasteiger partial charge in [-0.2, -0.15) is 0 Å². The van der Waals surface area contributed by atoms with Crippen molar-refractivity contribution in [3.8, 4) is 0 Å². The molecule has 0 saturated carbocycles. The maximum atomic E-state index is 14.1. The fraction of sp³-hybridized carbons (Fsp3) is 0.333. The third-order valence-corrected chi connectivity index (χ3v) is 5.85. The molecule has 0 aliphatic carbocycles. The van der Waals surface area contributed by atoms with Gasteiger partial charge < -0.3 is 10.2 Å². The van der Waals surface area contributed by atoms with Crippen molar-refractivity contribution in [3.63, 3.8) is 0 Å². The highest BCUT2D eigenvalue weighted by Crippen LogP contribution is 2.50. The lowest BCUT2D eigenvalue weighted by atomic mass is 9.65. The Bertz CT molecular complexity index is 936. The van der Waals surface area contributed by atoms with E-state index in [2.05, 4.69) is 10.3 Å². The van der Waals surface area contributed by atoms with Crippen LogP contribution in [0.3, 0.4) is 0 Å². The van der Waals surface area contributed by atoms with Crippen LogP contribution in [0.4, 0.5) is 10.2 Å². The van der Waals surface area contributed by atoms with Gasteiger partial charge in [-0.3, -0.25) is 4.79 Å². The first-order valence-electron chi connectivity index (χ1n) is 8.75. The Morgan fingerprint density at radius 2 is 1.88 bits per heavy atom. The quantitative estimate of drug-likeness (QED) is 0.849. The van der Waals surface area contributed by atoms with Gasteiger partial charge in [-0.25, -0.2) is 9.37 Å². The number of hydrogen-bond acceptors (Lipinski definition) is 3. The summed E-state index contributed by atoms with van der Waals surface area (Å²) >= 11 is 0. The molecule has 0 unspecified atom stereocenters. The summed E-state index contributed by atoms with van der Waals surface area (Å²) in [6.45, 7) is 6.08. The number of rotatable bonds is 1. The highest BCUT2D eigenvalue weighted by atomic mass is 19.1.